The summed E-state index contributed by atoms with van der Waals surface area (Å²) >= 11 is 0. The fraction of sp³-hybridized carbons (Fsp3) is 0.0222. The van der Waals surface area contributed by atoms with E-state index in [-0.39, 0.29) is 16.9 Å². The molecule has 4 heterocycles. The third-order valence-electron chi connectivity index (χ3n) is 10.1. The van der Waals surface area contributed by atoms with Crippen LogP contribution in [0.15, 0.2) is 152 Å². The molecule has 0 atom stereocenters. The summed E-state index contributed by atoms with van der Waals surface area (Å²) in [6.07, 6.45) is 1.66. The number of para-hydroxylation sites is 2. The minimum atomic E-state index is -4.84. The molecule has 6 nitrogen and oxygen atoms in total. The van der Waals surface area contributed by atoms with E-state index in [1.54, 1.807) is 94.6 Å². The molecule has 0 radical (unpaired) electrons. The first-order chi connectivity index (χ1) is 27.3. The molecule has 10 aromatic rings. The van der Waals surface area contributed by atoms with Crippen LogP contribution < -0.4 is 0 Å². The van der Waals surface area contributed by atoms with Gasteiger partial charge in [0, 0.05) is 63.0 Å². The van der Waals surface area contributed by atoms with Crippen molar-refractivity contribution in [2.45, 2.75) is 6.18 Å². The Labute approximate surface area is 314 Å². The SMILES string of the molecule is Fc1cccc(F)c1-c1c(-n2c3ccccc3c3cc(-c4ncccn4)ccc32)cc(C(F)(F)F)cc1-n1c2ccccc2c2cc(-c3ncccn3)ccc21. The van der Waals surface area contributed by atoms with Crippen molar-refractivity contribution >= 4 is 43.6 Å². The van der Waals surface area contributed by atoms with E-state index >= 15 is 22.0 Å². The molecule has 4 aromatic heterocycles. The van der Waals surface area contributed by atoms with E-state index in [1.807, 2.05) is 36.4 Å². The third kappa shape index (κ3) is 5.23. The van der Waals surface area contributed by atoms with Crippen molar-refractivity contribution in [3.63, 3.8) is 0 Å². The summed E-state index contributed by atoms with van der Waals surface area (Å²) in [4.78, 5) is 17.6. The zero-order valence-corrected chi connectivity index (χ0v) is 29.0. The van der Waals surface area contributed by atoms with Crippen molar-refractivity contribution in [3.8, 4) is 45.3 Å². The number of aromatic nitrogens is 6. The van der Waals surface area contributed by atoms with Gasteiger partial charge < -0.3 is 9.13 Å². The van der Waals surface area contributed by atoms with E-state index in [4.69, 9.17) is 0 Å². The summed E-state index contributed by atoms with van der Waals surface area (Å²) in [6.45, 7) is 0. The average Bonchev–Trinajstić information content (AvgIpc) is 3.73. The number of halogens is 5. The summed E-state index contributed by atoms with van der Waals surface area (Å²) in [5, 5.41) is 2.81. The molecule has 0 aliphatic carbocycles. The van der Waals surface area contributed by atoms with Crippen LogP contribution in [0.1, 0.15) is 5.56 Å². The molecule has 0 aliphatic heterocycles. The molecule has 0 aliphatic rings. The van der Waals surface area contributed by atoms with Gasteiger partial charge in [0.25, 0.3) is 0 Å². The zero-order valence-electron chi connectivity index (χ0n) is 29.0. The van der Waals surface area contributed by atoms with Gasteiger partial charge in [-0.3, -0.25) is 0 Å². The van der Waals surface area contributed by atoms with Crippen LogP contribution in [0.3, 0.4) is 0 Å². The van der Waals surface area contributed by atoms with Gasteiger partial charge in [-0.2, -0.15) is 13.2 Å². The van der Waals surface area contributed by atoms with Crippen LogP contribution in [0.4, 0.5) is 22.0 Å². The molecule has 6 aromatic carbocycles. The summed E-state index contributed by atoms with van der Waals surface area (Å²) in [7, 11) is 0. The van der Waals surface area contributed by atoms with E-state index in [1.165, 1.54) is 6.07 Å². The normalized spacial score (nSPS) is 12.0. The van der Waals surface area contributed by atoms with Crippen molar-refractivity contribution in [2.24, 2.45) is 0 Å². The Balaban J connectivity index is 1.37. The number of rotatable bonds is 5. The van der Waals surface area contributed by atoms with Crippen LogP contribution in [0.5, 0.6) is 0 Å². The Bertz CT molecular complexity index is 2960. The predicted octanol–water partition coefficient (Wildman–Crippen LogP) is 11.8. The first-order valence-electron chi connectivity index (χ1n) is 17.6. The lowest BCUT2D eigenvalue weighted by molar-refractivity contribution is -0.137. The monoisotopic (exact) mass is 744 g/mol. The third-order valence-corrected chi connectivity index (χ3v) is 10.1. The maximum absolute atomic E-state index is 16.3. The van der Waals surface area contributed by atoms with Crippen molar-refractivity contribution in [3.05, 3.63) is 169 Å². The van der Waals surface area contributed by atoms with Gasteiger partial charge in [-0.05, 0) is 84.9 Å². The van der Waals surface area contributed by atoms with Crippen LogP contribution in [-0.4, -0.2) is 29.1 Å². The van der Waals surface area contributed by atoms with E-state index in [2.05, 4.69) is 19.9 Å². The molecule has 0 fully saturated rings. The Morgan fingerprint density at radius 1 is 0.411 bits per heavy atom. The fourth-order valence-electron chi connectivity index (χ4n) is 7.76. The molecule has 0 spiro atoms. The Kier molecular flexibility index (Phi) is 7.53. The smallest absolute Gasteiger partial charge is 0.309 e. The lowest BCUT2D eigenvalue weighted by Crippen LogP contribution is -2.12. The van der Waals surface area contributed by atoms with Gasteiger partial charge in [0.05, 0.1) is 44.6 Å². The number of hydrogen-bond donors (Lipinski definition) is 0. The molecule has 56 heavy (non-hydrogen) atoms. The second-order valence-electron chi connectivity index (χ2n) is 13.3. The van der Waals surface area contributed by atoms with Gasteiger partial charge >= 0.3 is 6.18 Å². The van der Waals surface area contributed by atoms with Gasteiger partial charge in [-0.1, -0.05) is 42.5 Å². The standard InChI is InChI=1S/C45H25F5N6/c46-33-10-5-11-34(47)41(33)42-39(55-35-12-3-1-8-29(35)31-22-26(14-16-37(31)55)43-51-18-6-19-52-43)24-28(45(48,49)50)25-40(42)56-36-13-4-2-9-30(36)32-23-27(15-17-38(32)56)44-53-20-7-21-54-44/h1-25H. The molecular weight excluding hydrogens is 720 g/mol. The number of nitrogens with zero attached hydrogens (tertiary/aromatic N) is 6. The van der Waals surface area contributed by atoms with Gasteiger partial charge in [-0.25, -0.2) is 28.7 Å². The molecule has 0 amide bonds. The van der Waals surface area contributed by atoms with Crippen molar-refractivity contribution in [1.82, 2.24) is 29.1 Å². The molecule has 11 heteroatoms. The van der Waals surface area contributed by atoms with Gasteiger partial charge in [0.15, 0.2) is 11.6 Å². The molecule has 0 bridgehead atoms. The van der Waals surface area contributed by atoms with Gasteiger partial charge in [0.1, 0.15) is 11.6 Å². The van der Waals surface area contributed by atoms with Crippen LogP contribution in [0.2, 0.25) is 0 Å². The average molecular weight is 745 g/mol. The highest BCUT2D eigenvalue weighted by Crippen LogP contribution is 2.46. The summed E-state index contributed by atoms with van der Waals surface area (Å²) in [5.41, 5.74) is 1.84. The maximum Gasteiger partial charge on any atom is 0.416 e. The van der Waals surface area contributed by atoms with Crippen molar-refractivity contribution < 1.29 is 22.0 Å². The number of benzene rings is 6. The van der Waals surface area contributed by atoms with Gasteiger partial charge in [0.2, 0.25) is 0 Å². The molecule has 0 unspecified atom stereocenters. The van der Waals surface area contributed by atoms with E-state index in [0.717, 1.165) is 24.3 Å². The highest BCUT2D eigenvalue weighted by Gasteiger charge is 2.35. The molecule has 0 N–H and O–H groups in total. The van der Waals surface area contributed by atoms with Crippen LogP contribution >= 0.6 is 0 Å². The van der Waals surface area contributed by atoms with E-state index < -0.39 is 28.9 Å². The Morgan fingerprint density at radius 3 is 1.29 bits per heavy atom. The highest BCUT2D eigenvalue weighted by atomic mass is 19.4. The first kappa shape index (κ1) is 33.3. The predicted molar refractivity (Wildman–Crippen MR) is 208 cm³/mol. The van der Waals surface area contributed by atoms with Crippen LogP contribution in [0, 0.1) is 11.6 Å². The minimum absolute atomic E-state index is 0.0611. The maximum atomic E-state index is 16.3. The van der Waals surface area contributed by atoms with Crippen LogP contribution in [-0.2, 0) is 6.18 Å². The number of fused-ring (bicyclic) bond motifs is 6. The minimum Gasteiger partial charge on any atom is -0.309 e. The molecule has 0 saturated carbocycles. The first-order valence-corrected chi connectivity index (χ1v) is 17.6. The van der Waals surface area contributed by atoms with Crippen LogP contribution in [0.25, 0.3) is 88.9 Å². The lowest BCUT2D eigenvalue weighted by atomic mass is 9.96. The van der Waals surface area contributed by atoms with E-state index in [9.17, 15) is 0 Å². The van der Waals surface area contributed by atoms with Crippen molar-refractivity contribution in [1.29, 1.82) is 0 Å². The Morgan fingerprint density at radius 2 is 0.839 bits per heavy atom. The quantitative estimate of drug-likeness (QED) is 0.165. The summed E-state index contributed by atoms with van der Waals surface area (Å²) in [6, 6.07) is 34.2. The number of alkyl halides is 3. The largest absolute Gasteiger partial charge is 0.416 e. The zero-order chi connectivity index (χ0) is 38.1. The number of hydrogen-bond acceptors (Lipinski definition) is 4. The summed E-state index contributed by atoms with van der Waals surface area (Å²) < 4.78 is 81.8. The molecule has 0 saturated heterocycles. The molecule has 270 valence electrons. The van der Waals surface area contributed by atoms with Gasteiger partial charge in [-0.15, -0.1) is 0 Å². The second-order valence-corrected chi connectivity index (χ2v) is 13.3. The summed E-state index contributed by atoms with van der Waals surface area (Å²) in [5.74, 6) is -0.924. The fourth-order valence-corrected chi connectivity index (χ4v) is 7.76. The highest BCUT2D eigenvalue weighted by molar-refractivity contribution is 6.13. The van der Waals surface area contributed by atoms with Crippen molar-refractivity contribution in [2.75, 3.05) is 0 Å². The lowest BCUT2D eigenvalue weighted by Gasteiger charge is -2.23. The van der Waals surface area contributed by atoms with E-state index in [0.29, 0.717) is 66.4 Å². The Hall–Kier alpha value is -7.27. The molecule has 10 rings (SSSR count). The molecular formula is C45H25F5N6. The second kappa shape index (κ2) is 12.7. The topological polar surface area (TPSA) is 61.4 Å².